The molecule has 0 spiro atoms. The number of allylic oxidation sites excluding steroid dienone is 17. The SMILES string of the molecule is CC/C=C\C/C=C\C/C=C\C/C=C\C/C=C\CCOCC(COC(=O)CCCCCCC/C=C\C/C=C\CCCCC)OC(=O)CCCCCCC/C=C\C/C=C\CCCCC. The summed E-state index contributed by atoms with van der Waals surface area (Å²) in [4.78, 5) is 25.4. The van der Waals surface area contributed by atoms with Crippen LogP contribution >= 0.6 is 0 Å². The first-order valence-electron chi connectivity index (χ1n) is 25.4. The summed E-state index contributed by atoms with van der Waals surface area (Å²) in [5.74, 6) is -0.476. The van der Waals surface area contributed by atoms with Gasteiger partial charge in [-0.3, -0.25) is 9.59 Å². The minimum absolute atomic E-state index is 0.0364. The van der Waals surface area contributed by atoms with Gasteiger partial charge in [-0.05, 0) is 116 Å². The zero-order valence-electron chi connectivity index (χ0n) is 40.3. The van der Waals surface area contributed by atoms with E-state index in [0.29, 0.717) is 19.4 Å². The standard InChI is InChI=1S/C57H94O5/c1-4-7-10-13-16-19-22-25-28-31-34-37-40-43-46-49-52-60-53-55(62-57(59)51-48-45-42-39-36-33-30-27-24-21-18-15-12-9-6-3)54-61-56(58)50-47-44-41-38-35-32-29-26-23-20-17-14-11-8-5-2/h7,10,16-21,25-30,34,37,43,46,55H,4-6,8-9,11-15,22-24,31-33,35-36,38-42,44-45,47-54H2,1-3H3/b10-7-,19-16-,20-17-,21-18-,28-25-,29-26-,30-27-,37-34-,46-43-. The van der Waals surface area contributed by atoms with Crippen molar-refractivity contribution < 1.29 is 23.8 Å². The van der Waals surface area contributed by atoms with Gasteiger partial charge in [0.15, 0.2) is 6.10 Å². The summed E-state index contributed by atoms with van der Waals surface area (Å²) in [7, 11) is 0. The summed E-state index contributed by atoms with van der Waals surface area (Å²) < 4.78 is 17.3. The summed E-state index contributed by atoms with van der Waals surface area (Å²) in [6.45, 7) is 7.41. The highest BCUT2D eigenvalue weighted by atomic mass is 16.6. The molecular weight excluding hydrogens is 765 g/mol. The van der Waals surface area contributed by atoms with Gasteiger partial charge in [-0.2, -0.15) is 0 Å². The maximum Gasteiger partial charge on any atom is 0.306 e. The molecule has 0 saturated carbocycles. The molecule has 1 atom stereocenters. The van der Waals surface area contributed by atoms with Crippen molar-refractivity contribution >= 4 is 11.9 Å². The fourth-order valence-electron chi connectivity index (χ4n) is 6.52. The van der Waals surface area contributed by atoms with Gasteiger partial charge in [0.25, 0.3) is 0 Å². The van der Waals surface area contributed by atoms with Crippen molar-refractivity contribution in [2.75, 3.05) is 19.8 Å². The van der Waals surface area contributed by atoms with Crippen molar-refractivity contribution in [3.05, 3.63) is 109 Å². The normalized spacial score (nSPS) is 13.1. The van der Waals surface area contributed by atoms with Crippen LogP contribution in [0.1, 0.15) is 213 Å². The molecule has 5 heteroatoms. The first-order valence-corrected chi connectivity index (χ1v) is 25.4. The van der Waals surface area contributed by atoms with Crippen LogP contribution in [-0.2, 0) is 23.8 Å². The van der Waals surface area contributed by atoms with Gasteiger partial charge in [0.05, 0.1) is 13.2 Å². The predicted molar refractivity (Wildman–Crippen MR) is 269 cm³/mol. The molecule has 62 heavy (non-hydrogen) atoms. The maximum atomic E-state index is 12.8. The molecule has 0 rings (SSSR count). The molecule has 0 radical (unpaired) electrons. The highest BCUT2D eigenvalue weighted by Gasteiger charge is 2.17. The smallest absolute Gasteiger partial charge is 0.306 e. The summed E-state index contributed by atoms with van der Waals surface area (Å²) >= 11 is 0. The van der Waals surface area contributed by atoms with Crippen LogP contribution in [0.25, 0.3) is 0 Å². The van der Waals surface area contributed by atoms with Gasteiger partial charge in [0.1, 0.15) is 6.61 Å². The van der Waals surface area contributed by atoms with Gasteiger partial charge in [0, 0.05) is 12.8 Å². The van der Waals surface area contributed by atoms with E-state index < -0.39 is 6.10 Å². The quantitative estimate of drug-likeness (QED) is 0.0347. The number of carbonyl (C=O) groups excluding carboxylic acids is 2. The lowest BCUT2D eigenvalue weighted by Crippen LogP contribution is -2.30. The van der Waals surface area contributed by atoms with E-state index in [1.165, 1.54) is 77.0 Å². The minimum Gasteiger partial charge on any atom is -0.462 e. The van der Waals surface area contributed by atoms with Crippen LogP contribution in [0, 0.1) is 0 Å². The third kappa shape index (κ3) is 49.2. The number of rotatable bonds is 45. The lowest BCUT2D eigenvalue weighted by atomic mass is 10.1. The topological polar surface area (TPSA) is 61.8 Å². The van der Waals surface area contributed by atoms with Crippen LogP contribution in [0.2, 0.25) is 0 Å². The second-order valence-electron chi connectivity index (χ2n) is 16.3. The van der Waals surface area contributed by atoms with Gasteiger partial charge in [-0.1, -0.05) is 194 Å². The molecule has 0 heterocycles. The Bertz CT molecular complexity index is 1250. The third-order valence-corrected chi connectivity index (χ3v) is 10.3. The fourth-order valence-corrected chi connectivity index (χ4v) is 6.52. The monoisotopic (exact) mass is 859 g/mol. The number of unbranched alkanes of at least 4 members (excludes halogenated alkanes) is 16. The van der Waals surface area contributed by atoms with Crippen LogP contribution in [0.4, 0.5) is 0 Å². The van der Waals surface area contributed by atoms with Crippen LogP contribution in [0.3, 0.4) is 0 Å². The van der Waals surface area contributed by atoms with Crippen molar-refractivity contribution in [1.82, 2.24) is 0 Å². The molecule has 0 aliphatic heterocycles. The lowest BCUT2D eigenvalue weighted by molar-refractivity contribution is -0.162. The molecule has 0 aliphatic rings. The second-order valence-corrected chi connectivity index (χ2v) is 16.3. The Morgan fingerprint density at radius 2 is 0.726 bits per heavy atom. The zero-order valence-corrected chi connectivity index (χ0v) is 40.3. The summed E-state index contributed by atoms with van der Waals surface area (Å²) in [5.41, 5.74) is 0. The Morgan fingerprint density at radius 1 is 0.371 bits per heavy atom. The molecule has 0 aromatic carbocycles. The van der Waals surface area contributed by atoms with Crippen molar-refractivity contribution in [3.63, 3.8) is 0 Å². The fraction of sp³-hybridized carbons (Fsp3) is 0.649. The van der Waals surface area contributed by atoms with E-state index in [1.54, 1.807) is 0 Å². The number of esters is 2. The average molecular weight is 859 g/mol. The van der Waals surface area contributed by atoms with Crippen LogP contribution < -0.4 is 0 Å². The first kappa shape index (κ1) is 58.6. The molecule has 0 fully saturated rings. The van der Waals surface area contributed by atoms with Gasteiger partial charge < -0.3 is 14.2 Å². The van der Waals surface area contributed by atoms with E-state index in [2.05, 4.69) is 130 Å². The molecule has 5 nitrogen and oxygen atoms in total. The number of hydrogen-bond donors (Lipinski definition) is 0. The third-order valence-electron chi connectivity index (χ3n) is 10.3. The number of carbonyl (C=O) groups is 2. The molecule has 0 amide bonds. The van der Waals surface area contributed by atoms with E-state index in [0.717, 1.165) is 103 Å². The maximum absolute atomic E-state index is 12.8. The summed E-state index contributed by atoms with van der Waals surface area (Å²) in [6, 6.07) is 0. The molecule has 1 unspecified atom stereocenters. The molecule has 0 N–H and O–H groups in total. The van der Waals surface area contributed by atoms with E-state index in [1.807, 2.05) is 0 Å². The zero-order chi connectivity index (χ0) is 44.9. The Labute approximate surface area is 383 Å². The average Bonchev–Trinajstić information content (AvgIpc) is 3.27. The Hall–Kier alpha value is -3.44. The highest BCUT2D eigenvalue weighted by Crippen LogP contribution is 2.12. The molecule has 0 aliphatic carbocycles. The number of hydrogen-bond acceptors (Lipinski definition) is 5. The largest absolute Gasteiger partial charge is 0.462 e. The molecule has 0 saturated heterocycles. The molecule has 0 aromatic heterocycles. The molecule has 352 valence electrons. The Balaban J connectivity index is 4.46. The van der Waals surface area contributed by atoms with Gasteiger partial charge in [-0.15, -0.1) is 0 Å². The lowest BCUT2D eigenvalue weighted by Gasteiger charge is -2.18. The first-order chi connectivity index (χ1) is 30.6. The van der Waals surface area contributed by atoms with E-state index in [9.17, 15) is 9.59 Å². The highest BCUT2D eigenvalue weighted by molar-refractivity contribution is 5.70. The Morgan fingerprint density at radius 3 is 1.16 bits per heavy atom. The summed E-state index contributed by atoms with van der Waals surface area (Å²) in [5, 5.41) is 0. The molecular formula is C57H94O5. The van der Waals surface area contributed by atoms with Crippen molar-refractivity contribution in [3.8, 4) is 0 Å². The second kappa shape index (κ2) is 51.9. The van der Waals surface area contributed by atoms with Gasteiger partial charge in [0.2, 0.25) is 0 Å². The van der Waals surface area contributed by atoms with Crippen LogP contribution in [-0.4, -0.2) is 37.9 Å². The van der Waals surface area contributed by atoms with Gasteiger partial charge >= 0.3 is 11.9 Å². The summed E-state index contributed by atoms with van der Waals surface area (Å²) in [6.07, 6.45) is 71.1. The van der Waals surface area contributed by atoms with Crippen molar-refractivity contribution in [2.24, 2.45) is 0 Å². The van der Waals surface area contributed by atoms with E-state index in [-0.39, 0.29) is 25.2 Å². The van der Waals surface area contributed by atoms with Gasteiger partial charge in [-0.25, -0.2) is 0 Å². The van der Waals surface area contributed by atoms with E-state index in [4.69, 9.17) is 14.2 Å². The molecule has 0 aromatic rings. The molecule has 0 bridgehead atoms. The predicted octanol–water partition coefficient (Wildman–Crippen LogP) is 17.2. The van der Waals surface area contributed by atoms with E-state index >= 15 is 0 Å². The van der Waals surface area contributed by atoms with Crippen molar-refractivity contribution in [1.29, 1.82) is 0 Å². The Kier molecular flexibility index (Phi) is 49.0. The minimum atomic E-state index is -0.595. The van der Waals surface area contributed by atoms with Crippen LogP contribution in [0.15, 0.2) is 109 Å². The number of ether oxygens (including phenoxy) is 3. The van der Waals surface area contributed by atoms with Crippen LogP contribution in [0.5, 0.6) is 0 Å². The van der Waals surface area contributed by atoms with Crippen molar-refractivity contribution in [2.45, 2.75) is 219 Å².